The molecule has 0 aromatic carbocycles. The predicted octanol–water partition coefficient (Wildman–Crippen LogP) is 4.73. The van der Waals surface area contributed by atoms with Crippen LogP contribution >= 0.6 is 0 Å². The third kappa shape index (κ3) is 2.19. The molecule has 0 aliphatic heterocycles. The molecule has 15 heavy (non-hydrogen) atoms. The van der Waals surface area contributed by atoms with Crippen LogP contribution in [-0.4, -0.2) is 0 Å². The number of allylic oxidation sites excluding steroid dienone is 4. The zero-order valence-electron chi connectivity index (χ0n) is 10.2. The first-order chi connectivity index (χ1) is 7.36. The van der Waals surface area contributed by atoms with E-state index >= 15 is 0 Å². The Morgan fingerprint density at radius 2 is 2.13 bits per heavy atom. The summed E-state index contributed by atoms with van der Waals surface area (Å²) in [5, 5.41) is 0. The molecule has 3 unspecified atom stereocenters. The average Bonchev–Trinajstić information content (AvgIpc) is 2.54. The second-order valence-electron chi connectivity index (χ2n) is 5.14. The van der Waals surface area contributed by atoms with Crippen molar-refractivity contribution in [2.45, 2.75) is 52.4 Å². The molecule has 2 rings (SSSR count). The van der Waals surface area contributed by atoms with Gasteiger partial charge in [-0.1, -0.05) is 44.1 Å². The largest absolute Gasteiger partial charge is 0.0845 e. The number of hydrogen-bond acceptors (Lipinski definition) is 0. The van der Waals surface area contributed by atoms with E-state index in [1.165, 1.54) is 38.5 Å². The highest BCUT2D eigenvalue weighted by Crippen LogP contribution is 2.47. The summed E-state index contributed by atoms with van der Waals surface area (Å²) < 4.78 is 0. The molecule has 0 heterocycles. The maximum atomic E-state index is 2.44. The fourth-order valence-corrected chi connectivity index (χ4v) is 3.49. The highest BCUT2D eigenvalue weighted by molar-refractivity contribution is 5.23. The van der Waals surface area contributed by atoms with E-state index in [9.17, 15) is 0 Å². The van der Waals surface area contributed by atoms with Crippen molar-refractivity contribution in [1.82, 2.24) is 0 Å². The van der Waals surface area contributed by atoms with Crippen LogP contribution < -0.4 is 0 Å². The van der Waals surface area contributed by atoms with Gasteiger partial charge in [0.1, 0.15) is 0 Å². The summed E-state index contributed by atoms with van der Waals surface area (Å²) in [6.45, 7) is 4.72. The molecule has 2 aliphatic carbocycles. The van der Waals surface area contributed by atoms with Crippen LogP contribution in [0.25, 0.3) is 0 Å². The van der Waals surface area contributed by atoms with Gasteiger partial charge >= 0.3 is 0 Å². The van der Waals surface area contributed by atoms with E-state index in [4.69, 9.17) is 0 Å². The van der Waals surface area contributed by atoms with Crippen LogP contribution in [0.4, 0.5) is 0 Å². The van der Waals surface area contributed by atoms with Gasteiger partial charge in [-0.05, 0) is 49.9 Å². The molecule has 2 aliphatic rings. The van der Waals surface area contributed by atoms with E-state index in [2.05, 4.69) is 32.1 Å². The summed E-state index contributed by atoms with van der Waals surface area (Å²) in [5.74, 6) is 2.79. The molecule has 3 atom stereocenters. The summed E-state index contributed by atoms with van der Waals surface area (Å²) in [6, 6.07) is 0. The summed E-state index contributed by atoms with van der Waals surface area (Å²) in [5.41, 5.74) is 1.78. The number of hydrogen-bond donors (Lipinski definition) is 0. The molecule has 0 aromatic heterocycles. The molecule has 1 fully saturated rings. The lowest BCUT2D eigenvalue weighted by Crippen LogP contribution is -2.09. The van der Waals surface area contributed by atoms with Gasteiger partial charge < -0.3 is 0 Å². The van der Waals surface area contributed by atoms with Crippen molar-refractivity contribution < 1.29 is 0 Å². The molecule has 0 heteroatoms. The van der Waals surface area contributed by atoms with Gasteiger partial charge in [0.05, 0.1) is 0 Å². The SMILES string of the molecule is CCC1CC(CC)C2CCC/C=C\C=C\12. The fourth-order valence-electron chi connectivity index (χ4n) is 3.49. The molecular formula is C15H24. The van der Waals surface area contributed by atoms with Gasteiger partial charge in [0, 0.05) is 0 Å². The Kier molecular flexibility index (Phi) is 3.66. The van der Waals surface area contributed by atoms with Gasteiger partial charge in [-0.25, -0.2) is 0 Å². The summed E-state index contributed by atoms with van der Waals surface area (Å²) >= 11 is 0. The first-order valence-electron chi connectivity index (χ1n) is 6.73. The Morgan fingerprint density at radius 3 is 2.87 bits per heavy atom. The molecule has 1 saturated carbocycles. The zero-order valence-corrected chi connectivity index (χ0v) is 10.2. The second kappa shape index (κ2) is 5.01. The van der Waals surface area contributed by atoms with Crippen molar-refractivity contribution in [3.63, 3.8) is 0 Å². The fraction of sp³-hybridized carbons (Fsp3) is 0.733. The van der Waals surface area contributed by atoms with Gasteiger partial charge in [-0.2, -0.15) is 0 Å². The molecule has 0 nitrogen and oxygen atoms in total. The lowest BCUT2D eigenvalue weighted by atomic mass is 9.85. The highest BCUT2D eigenvalue weighted by atomic mass is 14.4. The maximum Gasteiger partial charge on any atom is -0.0169 e. The monoisotopic (exact) mass is 204 g/mol. The van der Waals surface area contributed by atoms with Crippen LogP contribution in [0.5, 0.6) is 0 Å². The Hall–Kier alpha value is -0.520. The van der Waals surface area contributed by atoms with Crippen LogP contribution in [0.2, 0.25) is 0 Å². The number of rotatable bonds is 2. The topological polar surface area (TPSA) is 0 Å². The molecule has 0 aromatic rings. The standard InChI is InChI=1S/C15H24/c1-3-12-11-13(4-2)15-10-8-6-5-7-9-14(12)15/h5,7,9,12-13,15H,3-4,6,8,10-11H2,1-2H3/b7-5-,14-9-. The van der Waals surface area contributed by atoms with Crippen LogP contribution in [-0.2, 0) is 0 Å². The molecular weight excluding hydrogens is 180 g/mol. The molecule has 0 spiro atoms. The zero-order chi connectivity index (χ0) is 10.7. The molecule has 0 amide bonds. The van der Waals surface area contributed by atoms with Crippen molar-refractivity contribution in [1.29, 1.82) is 0 Å². The Balaban J connectivity index is 2.22. The minimum absolute atomic E-state index is 0.891. The van der Waals surface area contributed by atoms with Gasteiger partial charge in [0.15, 0.2) is 0 Å². The lowest BCUT2D eigenvalue weighted by Gasteiger charge is -2.20. The van der Waals surface area contributed by atoms with Crippen LogP contribution in [0.3, 0.4) is 0 Å². The number of fused-ring (bicyclic) bond motifs is 1. The molecule has 0 radical (unpaired) electrons. The third-order valence-electron chi connectivity index (χ3n) is 4.38. The Bertz CT molecular complexity index is 259. The van der Waals surface area contributed by atoms with Gasteiger partial charge in [0.2, 0.25) is 0 Å². The molecule has 0 N–H and O–H groups in total. The van der Waals surface area contributed by atoms with E-state index in [1.807, 2.05) is 0 Å². The smallest absolute Gasteiger partial charge is 0.0169 e. The highest BCUT2D eigenvalue weighted by Gasteiger charge is 2.35. The van der Waals surface area contributed by atoms with Crippen molar-refractivity contribution in [3.05, 3.63) is 23.8 Å². The maximum absolute atomic E-state index is 2.44. The molecule has 0 saturated heterocycles. The average molecular weight is 204 g/mol. The summed E-state index contributed by atoms with van der Waals surface area (Å²) in [4.78, 5) is 0. The van der Waals surface area contributed by atoms with Crippen molar-refractivity contribution >= 4 is 0 Å². The van der Waals surface area contributed by atoms with E-state index in [-0.39, 0.29) is 0 Å². The van der Waals surface area contributed by atoms with Crippen LogP contribution in [0, 0.1) is 17.8 Å². The predicted molar refractivity (Wildman–Crippen MR) is 66.7 cm³/mol. The van der Waals surface area contributed by atoms with Gasteiger partial charge in [-0.15, -0.1) is 0 Å². The van der Waals surface area contributed by atoms with Crippen LogP contribution in [0.1, 0.15) is 52.4 Å². The second-order valence-corrected chi connectivity index (χ2v) is 5.14. The first kappa shape index (κ1) is 11.0. The van der Waals surface area contributed by atoms with E-state index < -0.39 is 0 Å². The molecule has 84 valence electrons. The van der Waals surface area contributed by atoms with E-state index in [0.717, 1.165) is 17.8 Å². The van der Waals surface area contributed by atoms with E-state index in [0.29, 0.717) is 0 Å². The quantitative estimate of drug-likeness (QED) is 0.610. The minimum atomic E-state index is 0.891. The lowest BCUT2D eigenvalue weighted by molar-refractivity contribution is 0.373. The summed E-state index contributed by atoms with van der Waals surface area (Å²) in [6.07, 6.45) is 15.4. The Morgan fingerprint density at radius 1 is 1.27 bits per heavy atom. The first-order valence-corrected chi connectivity index (χ1v) is 6.73. The van der Waals surface area contributed by atoms with Crippen molar-refractivity contribution in [3.8, 4) is 0 Å². The van der Waals surface area contributed by atoms with Crippen LogP contribution in [0.15, 0.2) is 23.8 Å². The summed E-state index contributed by atoms with van der Waals surface area (Å²) in [7, 11) is 0. The van der Waals surface area contributed by atoms with Gasteiger partial charge in [0.25, 0.3) is 0 Å². The van der Waals surface area contributed by atoms with E-state index in [1.54, 1.807) is 5.57 Å². The van der Waals surface area contributed by atoms with Crippen molar-refractivity contribution in [2.24, 2.45) is 17.8 Å². The third-order valence-corrected chi connectivity index (χ3v) is 4.38. The van der Waals surface area contributed by atoms with Gasteiger partial charge in [-0.3, -0.25) is 0 Å². The van der Waals surface area contributed by atoms with Crippen molar-refractivity contribution in [2.75, 3.05) is 0 Å². The Labute approximate surface area is 94.5 Å². The normalized spacial score (nSPS) is 41.2. The minimum Gasteiger partial charge on any atom is -0.0845 e. The molecule has 0 bridgehead atoms.